The Morgan fingerprint density at radius 1 is 1.10 bits per heavy atom. The van der Waals surface area contributed by atoms with E-state index in [2.05, 4.69) is 10.1 Å². The third-order valence-corrected chi connectivity index (χ3v) is 3.92. The normalized spacial score (nSPS) is 23.0. The van der Waals surface area contributed by atoms with E-state index in [4.69, 9.17) is 4.52 Å². The van der Waals surface area contributed by atoms with Gasteiger partial charge in [-0.15, -0.1) is 0 Å². The number of nitrogens with zero attached hydrogens (tertiary/aromatic N) is 2. The monoisotopic (exact) mass is 294 g/mol. The van der Waals surface area contributed by atoms with Gasteiger partial charge >= 0.3 is 0 Å². The average molecular weight is 294 g/mol. The highest BCUT2D eigenvalue weighted by atomic mass is 19.2. The van der Waals surface area contributed by atoms with Gasteiger partial charge in [0.1, 0.15) is 0 Å². The lowest BCUT2D eigenvalue weighted by molar-refractivity contribution is 0.119. The van der Waals surface area contributed by atoms with E-state index >= 15 is 0 Å². The molecular weight excluding hydrogens is 278 g/mol. The summed E-state index contributed by atoms with van der Waals surface area (Å²) in [6, 6.07) is 3.46. The molecule has 1 aliphatic carbocycles. The maximum Gasteiger partial charge on any atom is 0.232 e. The first-order chi connectivity index (χ1) is 10.1. The summed E-state index contributed by atoms with van der Waals surface area (Å²) in [4.78, 5) is 4.24. The highest BCUT2D eigenvalue weighted by molar-refractivity contribution is 5.54. The molecule has 1 aromatic heterocycles. The maximum absolute atomic E-state index is 13.2. The SMILES string of the molecule is OC1CCCCCC1c1nc(-c2ccc(F)c(F)c2)no1. The predicted octanol–water partition coefficient (Wildman–Crippen LogP) is 3.42. The van der Waals surface area contributed by atoms with Crippen molar-refractivity contribution in [2.45, 2.75) is 44.1 Å². The van der Waals surface area contributed by atoms with Crippen LogP contribution in [0.4, 0.5) is 8.78 Å². The number of rotatable bonds is 2. The minimum atomic E-state index is -0.951. The summed E-state index contributed by atoms with van der Waals surface area (Å²) < 4.78 is 31.4. The molecule has 1 aromatic carbocycles. The maximum atomic E-state index is 13.2. The molecule has 21 heavy (non-hydrogen) atoms. The largest absolute Gasteiger partial charge is 0.392 e. The van der Waals surface area contributed by atoms with Gasteiger partial charge in [0.2, 0.25) is 11.7 Å². The van der Waals surface area contributed by atoms with Crippen LogP contribution in [0.1, 0.15) is 43.9 Å². The minimum absolute atomic E-state index is 0.181. The van der Waals surface area contributed by atoms with Gasteiger partial charge in [-0.2, -0.15) is 4.98 Å². The number of halogens is 2. The predicted molar refractivity (Wildman–Crippen MR) is 71.5 cm³/mol. The standard InChI is InChI=1S/C15H16F2N2O2/c16-11-7-6-9(8-12(11)17)14-18-15(21-19-14)10-4-2-1-3-5-13(10)20/h6-8,10,13,20H,1-5H2. The van der Waals surface area contributed by atoms with Crippen molar-refractivity contribution in [3.63, 3.8) is 0 Å². The van der Waals surface area contributed by atoms with Crippen molar-refractivity contribution in [2.75, 3.05) is 0 Å². The third kappa shape index (κ3) is 2.95. The molecule has 2 aromatic rings. The fourth-order valence-electron chi connectivity index (χ4n) is 2.71. The Balaban J connectivity index is 1.86. The van der Waals surface area contributed by atoms with Crippen LogP contribution in [0.3, 0.4) is 0 Å². The molecule has 1 fully saturated rings. The Labute approximate surface area is 120 Å². The van der Waals surface area contributed by atoms with Crippen LogP contribution in [0.25, 0.3) is 11.4 Å². The highest BCUT2D eigenvalue weighted by Gasteiger charge is 2.28. The van der Waals surface area contributed by atoms with E-state index in [1.807, 2.05) is 0 Å². The minimum Gasteiger partial charge on any atom is -0.392 e. The average Bonchev–Trinajstić information content (AvgIpc) is 2.85. The topological polar surface area (TPSA) is 59.2 Å². The first-order valence-electron chi connectivity index (χ1n) is 7.12. The molecule has 112 valence electrons. The Morgan fingerprint density at radius 2 is 1.90 bits per heavy atom. The zero-order chi connectivity index (χ0) is 14.8. The number of aromatic nitrogens is 2. The summed E-state index contributed by atoms with van der Waals surface area (Å²) in [5.41, 5.74) is 0.354. The molecule has 0 spiro atoms. The lowest BCUT2D eigenvalue weighted by atomic mass is 9.97. The van der Waals surface area contributed by atoms with Crippen LogP contribution in [0.15, 0.2) is 22.7 Å². The second kappa shape index (κ2) is 5.89. The van der Waals surface area contributed by atoms with E-state index in [-0.39, 0.29) is 11.7 Å². The molecule has 0 bridgehead atoms. The molecule has 0 aliphatic heterocycles. The van der Waals surface area contributed by atoms with Gasteiger partial charge < -0.3 is 9.63 Å². The Morgan fingerprint density at radius 3 is 2.71 bits per heavy atom. The highest BCUT2D eigenvalue weighted by Crippen LogP contribution is 2.32. The van der Waals surface area contributed by atoms with Gasteiger partial charge in [-0.05, 0) is 31.0 Å². The number of hydrogen-bond donors (Lipinski definition) is 1. The molecule has 1 heterocycles. The molecule has 6 heteroatoms. The number of hydrogen-bond acceptors (Lipinski definition) is 4. The van der Waals surface area contributed by atoms with Gasteiger partial charge in [0.15, 0.2) is 11.6 Å². The van der Waals surface area contributed by atoms with Crippen LogP contribution in [-0.4, -0.2) is 21.4 Å². The lowest BCUT2D eigenvalue weighted by Crippen LogP contribution is -2.17. The van der Waals surface area contributed by atoms with Gasteiger partial charge in [-0.3, -0.25) is 0 Å². The molecule has 1 saturated carbocycles. The second-order valence-electron chi connectivity index (χ2n) is 5.40. The molecule has 2 unspecified atom stereocenters. The smallest absolute Gasteiger partial charge is 0.232 e. The van der Waals surface area contributed by atoms with Crippen LogP contribution >= 0.6 is 0 Å². The number of aliphatic hydroxyl groups excluding tert-OH is 1. The van der Waals surface area contributed by atoms with Crippen LogP contribution in [0.2, 0.25) is 0 Å². The molecule has 3 rings (SSSR count). The van der Waals surface area contributed by atoms with Gasteiger partial charge in [0.25, 0.3) is 0 Å². The number of benzene rings is 1. The van der Waals surface area contributed by atoms with Crippen molar-refractivity contribution in [3.05, 3.63) is 35.7 Å². The third-order valence-electron chi connectivity index (χ3n) is 3.92. The molecule has 1 N–H and O–H groups in total. The van der Waals surface area contributed by atoms with Crippen LogP contribution in [0, 0.1) is 11.6 Å². The van der Waals surface area contributed by atoms with E-state index in [0.29, 0.717) is 17.9 Å². The van der Waals surface area contributed by atoms with Crippen molar-refractivity contribution in [1.29, 1.82) is 0 Å². The number of aliphatic hydroxyl groups is 1. The van der Waals surface area contributed by atoms with Crippen molar-refractivity contribution < 1.29 is 18.4 Å². The molecule has 0 amide bonds. The van der Waals surface area contributed by atoms with Crippen LogP contribution < -0.4 is 0 Å². The Kier molecular flexibility index (Phi) is 3.96. The van der Waals surface area contributed by atoms with E-state index in [1.165, 1.54) is 6.07 Å². The molecule has 0 radical (unpaired) electrons. The first-order valence-corrected chi connectivity index (χ1v) is 7.12. The summed E-state index contributed by atoms with van der Waals surface area (Å²) in [6.07, 6.45) is 4.09. The van der Waals surface area contributed by atoms with Gasteiger partial charge in [0.05, 0.1) is 12.0 Å². The summed E-state index contributed by atoms with van der Waals surface area (Å²) in [5, 5.41) is 13.9. The Bertz CT molecular complexity index is 630. The Hall–Kier alpha value is -1.82. The lowest BCUT2D eigenvalue weighted by Gasteiger charge is -2.15. The van der Waals surface area contributed by atoms with Gasteiger partial charge in [0, 0.05) is 5.56 Å². The second-order valence-corrected chi connectivity index (χ2v) is 5.40. The summed E-state index contributed by atoms with van der Waals surface area (Å²) >= 11 is 0. The molecule has 4 nitrogen and oxygen atoms in total. The van der Waals surface area contributed by atoms with E-state index < -0.39 is 17.7 Å². The van der Waals surface area contributed by atoms with Gasteiger partial charge in [-0.1, -0.05) is 24.4 Å². The molecule has 0 saturated heterocycles. The zero-order valence-electron chi connectivity index (χ0n) is 11.4. The van der Waals surface area contributed by atoms with E-state index in [1.54, 1.807) is 0 Å². The van der Waals surface area contributed by atoms with Crippen LogP contribution in [0.5, 0.6) is 0 Å². The zero-order valence-corrected chi connectivity index (χ0v) is 11.4. The first kappa shape index (κ1) is 14.1. The summed E-state index contributed by atoms with van der Waals surface area (Å²) in [5.74, 6) is -1.47. The van der Waals surface area contributed by atoms with Crippen LogP contribution in [-0.2, 0) is 0 Å². The van der Waals surface area contributed by atoms with E-state index in [9.17, 15) is 13.9 Å². The fourth-order valence-corrected chi connectivity index (χ4v) is 2.71. The van der Waals surface area contributed by atoms with E-state index in [0.717, 1.165) is 37.8 Å². The molecule has 1 aliphatic rings. The fraction of sp³-hybridized carbons (Fsp3) is 0.467. The van der Waals surface area contributed by atoms with Crippen molar-refractivity contribution >= 4 is 0 Å². The van der Waals surface area contributed by atoms with Gasteiger partial charge in [-0.25, -0.2) is 8.78 Å². The van der Waals surface area contributed by atoms with Crippen molar-refractivity contribution in [2.24, 2.45) is 0 Å². The van der Waals surface area contributed by atoms with Crippen molar-refractivity contribution in [1.82, 2.24) is 10.1 Å². The summed E-state index contributed by atoms with van der Waals surface area (Å²) in [6.45, 7) is 0. The quantitative estimate of drug-likeness (QED) is 0.862. The molecule has 2 atom stereocenters. The molecular formula is C15H16F2N2O2. The summed E-state index contributed by atoms with van der Waals surface area (Å²) in [7, 11) is 0. The van der Waals surface area contributed by atoms with Crippen molar-refractivity contribution in [3.8, 4) is 11.4 Å².